The SMILES string of the molecule is CCc1ccc(C(=O)n2nc(OC(C)C)nc2-c2ccc(C(C)(C)C)cc2)cc1. The van der Waals surface area contributed by atoms with Crippen molar-refractivity contribution in [2.75, 3.05) is 0 Å². The Hall–Kier alpha value is -2.95. The van der Waals surface area contributed by atoms with Gasteiger partial charge in [0.1, 0.15) is 0 Å². The molecule has 0 radical (unpaired) electrons. The van der Waals surface area contributed by atoms with E-state index in [4.69, 9.17) is 4.74 Å². The van der Waals surface area contributed by atoms with Crippen LogP contribution in [0, 0.1) is 0 Å². The van der Waals surface area contributed by atoms with E-state index in [0.717, 1.165) is 12.0 Å². The molecular formula is C24H29N3O2. The van der Waals surface area contributed by atoms with Crippen LogP contribution in [0.2, 0.25) is 0 Å². The minimum atomic E-state index is -0.228. The van der Waals surface area contributed by atoms with Crippen molar-refractivity contribution in [3.05, 3.63) is 65.2 Å². The van der Waals surface area contributed by atoms with Gasteiger partial charge in [-0.2, -0.15) is 9.67 Å². The lowest BCUT2D eigenvalue weighted by molar-refractivity contribution is 0.0943. The number of hydrogen-bond acceptors (Lipinski definition) is 4. The van der Waals surface area contributed by atoms with Crippen LogP contribution in [0.15, 0.2) is 48.5 Å². The molecule has 0 spiro atoms. The van der Waals surface area contributed by atoms with Crippen molar-refractivity contribution in [2.45, 2.75) is 59.5 Å². The zero-order chi connectivity index (χ0) is 21.2. The Morgan fingerprint density at radius 3 is 2.17 bits per heavy atom. The molecule has 29 heavy (non-hydrogen) atoms. The highest BCUT2D eigenvalue weighted by Gasteiger charge is 2.21. The molecule has 0 aliphatic heterocycles. The zero-order valence-corrected chi connectivity index (χ0v) is 18.1. The molecule has 0 saturated carbocycles. The number of rotatable bonds is 5. The Morgan fingerprint density at radius 2 is 1.66 bits per heavy atom. The fraction of sp³-hybridized carbons (Fsp3) is 0.375. The highest BCUT2D eigenvalue weighted by Crippen LogP contribution is 2.27. The Labute approximate surface area is 172 Å². The smallest absolute Gasteiger partial charge is 0.336 e. The molecule has 2 aromatic carbocycles. The van der Waals surface area contributed by atoms with Crippen molar-refractivity contribution < 1.29 is 9.53 Å². The molecular weight excluding hydrogens is 362 g/mol. The Balaban J connectivity index is 2.03. The predicted molar refractivity (Wildman–Crippen MR) is 115 cm³/mol. The first kappa shape index (κ1) is 20.8. The first-order valence-electron chi connectivity index (χ1n) is 10.1. The number of ether oxygens (including phenoxy) is 1. The topological polar surface area (TPSA) is 57.0 Å². The van der Waals surface area contributed by atoms with Crippen molar-refractivity contribution in [1.82, 2.24) is 14.8 Å². The molecule has 0 fully saturated rings. The third-order valence-electron chi connectivity index (χ3n) is 4.74. The van der Waals surface area contributed by atoms with Crippen LogP contribution >= 0.6 is 0 Å². The summed E-state index contributed by atoms with van der Waals surface area (Å²) in [6.07, 6.45) is 0.844. The summed E-state index contributed by atoms with van der Waals surface area (Å²) in [6.45, 7) is 12.4. The number of aromatic nitrogens is 3. The summed E-state index contributed by atoms with van der Waals surface area (Å²) in [5.41, 5.74) is 3.84. The molecule has 152 valence electrons. The average molecular weight is 392 g/mol. The van der Waals surface area contributed by atoms with Gasteiger partial charge >= 0.3 is 6.01 Å². The van der Waals surface area contributed by atoms with Crippen LogP contribution in [-0.4, -0.2) is 26.8 Å². The van der Waals surface area contributed by atoms with Crippen LogP contribution in [0.3, 0.4) is 0 Å². The molecule has 0 atom stereocenters. The minimum Gasteiger partial charge on any atom is -0.460 e. The monoisotopic (exact) mass is 391 g/mol. The summed E-state index contributed by atoms with van der Waals surface area (Å²) in [7, 11) is 0. The molecule has 0 bridgehead atoms. The van der Waals surface area contributed by atoms with Gasteiger partial charge in [0.2, 0.25) is 0 Å². The third kappa shape index (κ3) is 4.73. The van der Waals surface area contributed by atoms with Gasteiger partial charge < -0.3 is 4.74 Å². The molecule has 3 aromatic rings. The van der Waals surface area contributed by atoms with E-state index in [1.165, 1.54) is 15.8 Å². The van der Waals surface area contributed by atoms with Gasteiger partial charge in [0.15, 0.2) is 5.82 Å². The number of nitrogens with zero attached hydrogens (tertiary/aromatic N) is 3. The summed E-state index contributed by atoms with van der Waals surface area (Å²) in [4.78, 5) is 17.7. The Bertz CT molecular complexity index is 978. The van der Waals surface area contributed by atoms with E-state index in [1.807, 2.05) is 50.2 Å². The Kier molecular flexibility index (Phi) is 5.87. The van der Waals surface area contributed by atoms with Crippen molar-refractivity contribution >= 4 is 5.91 Å². The molecule has 0 N–H and O–H groups in total. The summed E-state index contributed by atoms with van der Waals surface area (Å²) in [6, 6.07) is 15.9. The lowest BCUT2D eigenvalue weighted by Crippen LogP contribution is -2.16. The van der Waals surface area contributed by atoms with Crippen LogP contribution in [0.25, 0.3) is 11.4 Å². The van der Waals surface area contributed by atoms with E-state index < -0.39 is 0 Å². The Morgan fingerprint density at radius 1 is 1.03 bits per heavy atom. The van der Waals surface area contributed by atoms with Gasteiger partial charge in [0, 0.05) is 11.1 Å². The first-order valence-corrected chi connectivity index (χ1v) is 10.1. The van der Waals surface area contributed by atoms with E-state index in [-0.39, 0.29) is 23.4 Å². The molecule has 1 aromatic heterocycles. The van der Waals surface area contributed by atoms with Crippen molar-refractivity contribution in [2.24, 2.45) is 0 Å². The van der Waals surface area contributed by atoms with Crippen molar-refractivity contribution in [1.29, 1.82) is 0 Å². The minimum absolute atomic E-state index is 0.0506. The quantitative estimate of drug-likeness (QED) is 0.594. The summed E-state index contributed by atoms with van der Waals surface area (Å²) < 4.78 is 7.00. The third-order valence-corrected chi connectivity index (χ3v) is 4.74. The van der Waals surface area contributed by atoms with E-state index in [9.17, 15) is 4.79 Å². The van der Waals surface area contributed by atoms with Gasteiger partial charge in [0.05, 0.1) is 6.10 Å². The van der Waals surface area contributed by atoms with Crippen LogP contribution in [0.5, 0.6) is 6.01 Å². The maximum atomic E-state index is 13.2. The zero-order valence-electron chi connectivity index (χ0n) is 18.1. The van der Waals surface area contributed by atoms with E-state index in [1.54, 1.807) is 0 Å². The first-order chi connectivity index (χ1) is 13.7. The second-order valence-corrected chi connectivity index (χ2v) is 8.48. The molecule has 3 rings (SSSR count). The molecule has 0 aliphatic carbocycles. The lowest BCUT2D eigenvalue weighted by Gasteiger charge is -2.19. The number of carbonyl (C=O) groups is 1. The normalized spacial score (nSPS) is 11.7. The number of hydrogen-bond donors (Lipinski definition) is 0. The van der Waals surface area contributed by atoms with Crippen molar-refractivity contribution in [3.8, 4) is 17.4 Å². The molecule has 1 heterocycles. The molecule has 0 unspecified atom stereocenters. The standard InChI is InChI=1S/C24H29N3O2/c1-7-17-8-10-19(11-9-17)22(28)27-21(25-23(26-27)29-16(2)3)18-12-14-20(15-13-18)24(4,5)6/h8-16H,7H2,1-6H3. The van der Waals surface area contributed by atoms with Crippen LogP contribution in [0.4, 0.5) is 0 Å². The highest BCUT2D eigenvalue weighted by atomic mass is 16.5. The van der Waals surface area contributed by atoms with E-state index >= 15 is 0 Å². The van der Waals surface area contributed by atoms with Gasteiger partial charge in [-0.1, -0.05) is 64.1 Å². The van der Waals surface area contributed by atoms with Gasteiger partial charge in [-0.15, -0.1) is 5.10 Å². The van der Waals surface area contributed by atoms with Crippen molar-refractivity contribution in [3.63, 3.8) is 0 Å². The molecule has 0 aliphatic rings. The lowest BCUT2D eigenvalue weighted by atomic mass is 9.87. The predicted octanol–water partition coefficient (Wildman–Crippen LogP) is 5.28. The van der Waals surface area contributed by atoms with Gasteiger partial charge in [0.25, 0.3) is 5.91 Å². The fourth-order valence-corrected chi connectivity index (χ4v) is 3.01. The number of aryl methyl sites for hydroxylation is 1. The largest absolute Gasteiger partial charge is 0.460 e. The molecule has 5 heteroatoms. The fourth-order valence-electron chi connectivity index (χ4n) is 3.01. The molecule has 5 nitrogen and oxygen atoms in total. The van der Waals surface area contributed by atoms with Crippen LogP contribution in [0.1, 0.15) is 63.0 Å². The highest BCUT2D eigenvalue weighted by molar-refractivity contribution is 5.97. The van der Waals surface area contributed by atoms with Crippen LogP contribution < -0.4 is 4.74 Å². The maximum Gasteiger partial charge on any atom is 0.336 e. The second kappa shape index (κ2) is 8.19. The number of carbonyl (C=O) groups excluding carboxylic acids is 1. The average Bonchev–Trinajstić information content (AvgIpc) is 3.10. The van der Waals surface area contributed by atoms with E-state index in [0.29, 0.717) is 11.4 Å². The van der Waals surface area contributed by atoms with E-state index in [2.05, 4.69) is 49.9 Å². The molecule has 0 saturated heterocycles. The van der Waals surface area contributed by atoms with Gasteiger partial charge in [-0.3, -0.25) is 4.79 Å². The summed E-state index contributed by atoms with van der Waals surface area (Å²) in [5, 5.41) is 4.35. The van der Waals surface area contributed by atoms with Crippen LogP contribution in [-0.2, 0) is 11.8 Å². The summed E-state index contributed by atoms with van der Waals surface area (Å²) in [5.74, 6) is 0.249. The van der Waals surface area contributed by atoms with Gasteiger partial charge in [-0.05, 0) is 48.9 Å². The van der Waals surface area contributed by atoms with Gasteiger partial charge in [-0.25, -0.2) is 0 Å². The summed E-state index contributed by atoms with van der Waals surface area (Å²) >= 11 is 0. The molecule has 0 amide bonds. The maximum absolute atomic E-state index is 13.2. The second-order valence-electron chi connectivity index (χ2n) is 8.48. The number of benzene rings is 2.